The molecule has 2 fully saturated rings. The van der Waals surface area contributed by atoms with Crippen LogP contribution in [0.15, 0.2) is 24.3 Å². The lowest BCUT2D eigenvalue weighted by molar-refractivity contribution is -0.156. The first kappa shape index (κ1) is 28.8. The number of aliphatic hydroxyl groups excluding tert-OH is 1. The molecular weight excluding hydrogens is 482 g/mol. The number of carbonyl (C=O) groups is 3. The SMILES string of the molecule is CCCN1CC=C[C@H]2O[C@]34C=CCN(C(C)(C)CC(C)(C)C)C(=O)C3N([C@@H](CO)C(C)C)C(=O)[C@@H]4[C@H]2C1=O. The Labute approximate surface area is 228 Å². The van der Waals surface area contributed by atoms with Crippen LogP contribution in [-0.4, -0.2) is 93.1 Å². The Hall–Kier alpha value is -2.19. The van der Waals surface area contributed by atoms with Crippen molar-refractivity contribution in [2.24, 2.45) is 23.2 Å². The van der Waals surface area contributed by atoms with Crippen molar-refractivity contribution in [3.63, 3.8) is 0 Å². The fourth-order valence-electron chi connectivity index (χ4n) is 7.52. The van der Waals surface area contributed by atoms with Gasteiger partial charge in [0.1, 0.15) is 11.6 Å². The molecular formula is C30H47N3O5. The number of hydrogen-bond acceptors (Lipinski definition) is 5. The molecule has 0 aliphatic carbocycles. The summed E-state index contributed by atoms with van der Waals surface area (Å²) >= 11 is 0. The summed E-state index contributed by atoms with van der Waals surface area (Å²) in [5.41, 5.74) is -1.78. The van der Waals surface area contributed by atoms with Crippen LogP contribution in [0.4, 0.5) is 0 Å². The lowest BCUT2D eigenvalue weighted by atomic mass is 9.77. The van der Waals surface area contributed by atoms with E-state index in [1.165, 1.54) is 0 Å². The second-order valence-electron chi connectivity index (χ2n) is 13.7. The van der Waals surface area contributed by atoms with Gasteiger partial charge in [-0.1, -0.05) is 65.8 Å². The van der Waals surface area contributed by atoms with Gasteiger partial charge in [-0.3, -0.25) is 14.4 Å². The van der Waals surface area contributed by atoms with Gasteiger partial charge in [-0.25, -0.2) is 0 Å². The summed E-state index contributed by atoms with van der Waals surface area (Å²) in [6, 6.07) is -1.52. The predicted octanol–water partition coefficient (Wildman–Crippen LogP) is 3.01. The minimum Gasteiger partial charge on any atom is -0.394 e. The molecule has 0 aromatic heterocycles. The third kappa shape index (κ3) is 4.61. The Morgan fingerprint density at radius 2 is 1.74 bits per heavy atom. The average molecular weight is 530 g/mol. The fourth-order valence-corrected chi connectivity index (χ4v) is 7.52. The number of rotatable bonds is 7. The first-order valence-corrected chi connectivity index (χ1v) is 14.3. The lowest BCUT2D eigenvalue weighted by Gasteiger charge is -2.45. The zero-order chi connectivity index (χ0) is 28.2. The highest BCUT2D eigenvalue weighted by molar-refractivity contribution is 6.00. The Morgan fingerprint density at radius 3 is 2.32 bits per heavy atom. The molecule has 0 aromatic carbocycles. The Morgan fingerprint density at radius 1 is 1.05 bits per heavy atom. The minimum absolute atomic E-state index is 0.0201. The van der Waals surface area contributed by atoms with E-state index >= 15 is 0 Å². The summed E-state index contributed by atoms with van der Waals surface area (Å²) in [5.74, 6) is -2.18. The van der Waals surface area contributed by atoms with Crippen molar-refractivity contribution in [2.45, 2.75) is 97.6 Å². The van der Waals surface area contributed by atoms with E-state index in [2.05, 4.69) is 34.6 Å². The zero-order valence-corrected chi connectivity index (χ0v) is 24.4. The van der Waals surface area contributed by atoms with Crippen LogP contribution < -0.4 is 0 Å². The van der Waals surface area contributed by atoms with E-state index in [1.54, 1.807) is 9.80 Å². The van der Waals surface area contributed by atoms with Gasteiger partial charge in [0.25, 0.3) is 0 Å². The number of carbonyl (C=O) groups excluding carboxylic acids is 3. The first-order valence-electron chi connectivity index (χ1n) is 14.3. The van der Waals surface area contributed by atoms with E-state index in [9.17, 15) is 19.5 Å². The van der Waals surface area contributed by atoms with Crippen molar-refractivity contribution < 1.29 is 24.2 Å². The topological polar surface area (TPSA) is 90.4 Å². The standard InChI is InChI=1S/C30H47N3O5/c1-9-14-31-15-10-12-21-22(25(31)35)23-26(36)33(20(17-34)19(2)3)24-27(37)32(16-11-13-30(23,24)38-21)29(7,8)18-28(4,5)6/h10-13,19-24,34H,9,14-18H2,1-8H3/t20-,21+,22-,23-,24?,30-/m0/s1. The van der Waals surface area contributed by atoms with Crippen molar-refractivity contribution in [1.29, 1.82) is 0 Å². The quantitative estimate of drug-likeness (QED) is 0.512. The summed E-state index contributed by atoms with van der Waals surface area (Å²) in [6.07, 6.45) is 8.67. The Kier molecular flexibility index (Phi) is 7.65. The van der Waals surface area contributed by atoms with Gasteiger partial charge in [0.2, 0.25) is 17.7 Å². The second kappa shape index (κ2) is 10.1. The number of likely N-dealkylation sites (tertiary alicyclic amines) is 1. The van der Waals surface area contributed by atoms with Crippen LogP contribution in [-0.2, 0) is 19.1 Å². The second-order valence-corrected chi connectivity index (χ2v) is 13.7. The van der Waals surface area contributed by atoms with Crippen LogP contribution >= 0.6 is 0 Å². The number of amides is 3. The molecule has 8 heteroatoms. The van der Waals surface area contributed by atoms with Crippen LogP contribution in [0.5, 0.6) is 0 Å². The zero-order valence-electron chi connectivity index (χ0n) is 24.4. The van der Waals surface area contributed by atoms with Gasteiger partial charge < -0.3 is 24.5 Å². The summed E-state index contributed by atoms with van der Waals surface area (Å²) < 4.78 is 6.73. The van der Waals surface area contributed by atoms with Crippen LogP contribution in [0.1, 0.15) is 68.2 Å². The highest BCUT2D eigenvalue weighted by Crippen LogP contribution is 2.54. The molecule has 0 bridgehead atoms. The summed E-state index contributed by atoms with van der Waals surface area (Å²) in [7, 11) is 0. The van der Waals surface area contributed by atoms with Crippen LogP contribution in [0.2, 0.25) is 0 Å². The van der Waals surface area contributed by atoms with Gasteiger partial charge in [-0.15, -0.1) is 0 Å². The van der Waals surface area contributed by atoms with Gasteiger partial charge in [0, 0.05) is 25.2 Å². The molecule has 4 aliphatic rings. The monoisotopic (exact) mass is 529 g/mol. The number of fused-ring (bicyclic) bond motifs is 2. The molecule has 1 N–H and O–H groups in total. The molecule has 6 atom stereocenters. The number of aliphatic hydroxyl groups is 1. The molecule has 2 saturated heterocycles. The average Bonchev–Trinajstić information content (AvgIpc) is 3.10. The highest BCUT2D eigenvalue weighted by atomic mass is 16.5. The van der Waals surface area contributed by atoms with Crippen LogP contribution in [0, 0.1) is 23.2 Å². The molecule has 4 rings (SSSR count). The van der Waals surface area contributed by atoms with E-state index in [0.717, 1.165) is 12.8 Å². The largest absolute Gasteiger partial charge is 0.394 e. The molecule has 0 saturated carbocycles. The Bertz CT molecular complexity index is 1010. The Balaban J connectivity index is 1.86. The van der Waals surface area contributed by atoms with E-state index in [4.69, 9.17) is 4.74 Å². The van der Waals surface area contributed by atoms with Gasteiger partial charge in [-0.05, 0) is 38.0 Å². The molecule has 1 unspecified atom stereocenters. The highest BCUT2D eigenvalue weighted by Gasteiger charge is 2.73. The third-order valence-electron chi connectivity index (χ3n) is 8.68. The van der Waals surface area contributed by atoms with Crippen LogP contribution in [0.25, 0.3) is 0 Å². The van der Waals surface area contributed by atoms with Crippen LogP contribution in [0.3, 0.4) is 0 Å². The minimum atomic E-state index is -1.27. The van der Waals surface area contributed by atoms with E-state index in [1.807, 2.05) is 50.0 Å². The maximum atomic E-state index is 14.6. The van der Waals surface area contributed by atoms with E-state index < -0.39 is 41.2 Å². The van der Waals surface area contributed by atoms with E-state index in [-0.39, 0.29) is 35.7 Å². The molecule has 212 valence electrons. The van der Waals surface area contributed by atoms with Gasteiger partial charge in [0.15, 0.2) is 0 Å². The number of hydrogen-bond donors (Lipinski definition) is 1. The molecule has 1 spiro atoms. The van der Waals surface area contributed by atoms with Gasteiger partial charge in [-0.2, -0.15) is 0 Å². The van der Waals surface area contributed by atoms with Crippen molar-refractivity contribution in [1.82, 2.24) is 14.7 Å². The van der Waals surface area contributed by atoms with Crippen molar-refractivity contribution in [3.8, 4) is 0 Å². The number of ether oxygens (including phenoxy) is 1. The third-order valence-corrected chi connectivity index (χ3v) is 8.68. The van der Waals surface area contributed by atoms with Gasteiger partial charge >= 0.3 is 0 Å². The smallest absolute Gasteiger partial charge is 0.249 e. The maximum absolute atomic E-state index is 14.6. The van der Waals surface area contributed by atoms with Crippen molar-refractivity contribution in [3.05, 3.63) is 24.3 Å². The molecule has 3 amide bonds. The summed E-state index contributed by atoms with van der Waals surface area (Å²) in [5, 5.41) is 10.4. The molecule has 4 heterocycles. The molecule has 8 nitrogen and oxygen atoms in total. The maximum Gasteiger partial charge on any atom is 0.249 e. The molecule has 0 aromatic rings. The first-order chi connectivity index (χ1) is 17.7. The van der Waals surface area contributed by atoms with Gasteiger partial charge in [0.05, 0.1) is 30.6 Å². The van der Waals surface area contributed by atoms with E-state index in [0.29, 0.717) is 19.6 Å². The fraction of sp³-hybridized carbons (Fsp3) is 0.767. The normalized spacial score (nSPS) is 32.5. The molecule has 0 radical (unpaired) electrons. The van der Waals surface area contributed by atoms with Crippen molar-refractivity contribution >= 4 is 17.7 Å². The number of nitrogens with zero attached hydrogens (tertiary/aromatic N) is 3. The molecule has 38 heavy (non-hydrogen) atoms. The van der Waals surface area contributed by atoms with Crippen molar-refractivity contribution in [2.75, 3.05) is 26.2 Å². The molecule has 4 aliphatic heterocycles. The predicted molar refractivity (Wildman–Crippen MR) is 146 cm³/mol. The lowest BCUT2D eigenvalue weighted by Crippen LogP contribution is -2.62. The summed E-state index contributed by atoms with van der Waals surface area (Å²) in [4.78, 5) is 48.2. The summed E-state index contributed by atoms with van der Waals surface area (Å²) in [6.45, 7) is 17.7.